The van der Waals surface area contributed by atoms with Gasteiger partial charge in [-0.1, -0.05) is 12.1 Å². The van der Waals surface area contributed by atoms with E-state index in [0.717, 1.165) is 16.7 Å². The van der Waals surface area contributed by atoms with Crippen LogP contribution in [0.3, 0.4) is 0 Å². The first kappa shape index (κ1) is 16.5. The zero-order valence-electron chi connectivity index (χ0n) is 13.6. The van der Waals surface area contributed by atoms with Crippen LogP contribution in [0.2, 0.25) is 0 Å². The molecule has 8 heteroatoms. The number of aryl methyl sites for hydroxylation is 3. The molecule has 0 fully saturated rings. The molecule has 0 aliphatic carbocycles. The zero-order valence-corrected chi connectivity index (χ0v) is 14.4. The summed E-state index contributed by atoms with van der Waals surface area (Å²) in [6.07, 6.45) is 6.42. The van der Waals surface area contributed by atoms with Gasteiger partial charge < -0.3 is 0 Å². The SMILES string of the molecule is Cc1ccc(C)c(S(=O)(=O)NCCCc2cnc3ncnn3c2)c1. The molecule has 0 unspecified atom stereocenters. The van der Waals surface area contributed by atoms with Gasteiger partial charge >= 0.3 is 0 Å². The maximum absolute atomic E-state index is 12.4. The van der Waals surface area contributed by atoms with Crippen molar-refractivity contribution in [1.82, 2.24) is 24.3 Å². The molecule has 1 aromatic carbocycles. The summed E-state index contributed by atoms with van der Waals surface area (Å²) < 4.78 is 29.1. The minimum Gasteiger partial charge on any atom is -0.219 e. The molecular formula is C16H19N5O2S. The highest BCUT2D eigenvalue weighted by molar-refractivity contribution is 7.89. The number of hydrogen-bond donors (Lipinski definition) is 1. The number of nitrogens with zero attached hydrogens (tertiary/aromatic N) is 4. The van der Waals surface area contributed by atoms with E-state index in [1.54, 1.807) is 23.7 Å². The molecule has 2 heterocycles. The minimum atomic E-state index is -3.49. The van der Waals surface area contributed by atoms with Gasteiger partial charge in [-0.05, 0) is 49.4 Å². The van der Waals surface area contributed by atoms with Crippen molar-refractivity contribution in [3.63, 3.8) is 0 Å². The third-order valence-corrected chi connectivity index (χ3v) is 5.36. The summed E-state index contributed by atoms with van der Waals surface area (Å²) in [7, 11) is -3.49. The van der Waals surface area contributed by atoms with E-state index in [0.29, 0.717) is 30.1 Å². The van der Waals surface area contributed by atoms with Crippen molar-refractivity contribution >= 4 is 15.8 Å². The molecule has 2 aromatic heterocycles. The molecule has 0 saturated carbocycles. The van der Waals surface area contributed by atoms with E-state index in [1.807, 2.05) is 25.3 Å². The van der Waals surface area contributed by atoms with Gasteiger partial charge in [-0.15, -0.1) is 0 Å². The molecule has 0 saturated heterocycles. The van der Waals surface area contributed by atoms with Gasteiger partial charge in [0.1, 0.15) is 6.33 Å². The van der Waals surface area contributed by atoms with E-state index in [2.05, 4.69) is 19.8 Å². The van der Waals surface area contributed by atoms with Crippen molar-refractivity contribution in [2.75, 3.05) is 6.54 Å². The summed E-state index contributed by atoms with van der Waals surface area (Å²) in [5, 5.41) is 4.04. The second-order valence-electron chi connectivity index (χ2n) is 5.74. The van der Waals surface area contributed by atoms with E-state index in [1.165, 1.54) is 6.33 Å². The number of hydrogen-bond acceptors (Lipinski definition) is 5. The first-order valence-corrected chi connectivity index (χ1v) is 9.15. The second kappa shape index (κ2) is 6.66. The van der Waals surface area contributed by atoms with Gasteiger partial charge in [0.25, 0.3) is 5.78 Å². The van der Waals surface area contributed by atoms with Crippen LogP contribution in [0.25, 0.3) is 5.78 Å². The Morgan fingerprint density at radius 3 is 2.88 bits per heavy atom. The Morgan fingerprint density at radius 1 is 1.21 bits per heavy atom. The number of aromatic nitrogens is 4. The topological polar surface area (TPSA) is 89.2 Å². The van der Waals surface area contributed by atoms with Gasteiger partial charge in [-0.2, -0.15) is 10.1 Å². The Bertz CT molecular complexity index is 966. The lowest BCUT2D eigenvalue weighted by molar-refractivity contribution is 0.578. The number of rotatable bonds is 6. The van der Waals surface area contributed by atoms with Gasteiger partial charge in [0.05, 0.1) is 4.90 Å². The molecule has 0 spiro atoms. The largest absolute Gasteiger partial charge is 0.252 e. The average Bonchev–Trinajstić information content (AvgIpc) is 3.01. The average molecular weight is 345 g/mol. The molecule has 0 radical (unpaired) electrons. The fourth-order valence-corrected chi connectivity index (χ4v) is 3.86. The third-order valence-electron chi connectivity index (χ3n) is 3.76. The van der Waals surface area contributed by atoms with E-state index >= 15 is 0 Å². The Morgan fingerprint density at radius 2 is 2.04 bits per heavy atom. The van der Waals surface area contributed by atoms with Crippen LogP contribution in [0.1, 0.15) is 23.1 Å². The molecule has 24 heavy (non-hydrogen) atoms. The molecule has 0 aliphatic rings. The smallest absolute Gasteiger partial charge is 0.219 e. The summed E-state index contributed by atoms with van der Waals surface area (Å²) >= 11 is 0. The predicted molar refractivity (Wildman–Crippen MR) is 90.2 cm³/mol. The van der Waals surface area contributed by atoms with Crippen molar-refractivity contribution in [2.24, 2.45) is 0 Å². The van der Waals surface area contributed by atoms with Crippen LogP contribution >= 0.6 is 0 Å². The summed E-state index contributed by atoms with van der Waals surface area (Å²) in [5.74, 6) is 0.550. The maximum atomic E-state index is 12.4. The highest BCUT2D eigenvalue weighted by Crippen LogP contribution is 2.16. The van der Waals surface area contributed by atoms with Crippen LogP contribution in [0.5, 0.6) is 0 Å². The zero-order chi connectivity index (χ0) is 17.2. The monoisotopic (exact) mass is 345 g/mol. The Kier molecular flexibility index (Phi) is 4.59. The molecule has 3 aromatic rings. The normalized spacial score (nSPS) is 11.9. The highest BCUT2D eigenvalue weighted by atomic mass is 32.2. The van der Waals surface area contributed by atoms with Gasteiger partial charge in [-0.25, -0.2) is 22.6 Å². The lowest BCUT2D eigenvalue weighted by atomic mass is 10.2. The quantitative estimate of drug-likeness (QED) is 0.686. The number of nitrogens with one attached hydrogen (secondary N) is 1. The minimum absolute atomic E-state index is 0.341. The summed E-state index contributed by atoms with van der Waals surface area (Å²) in [5.41, 5.74) is 2.65. The van der Waals surface area contributed by atoms with Gasteiger partial charge in [0, 0.05) is 18.9 Å². The Hall–Kier alpha value is -2.32. The maximum Gasteiger partial charge on any atom is 0.252 e. The predicted octanol–water partition coefficient (Wildman–Crippen LogP) is 1.65. The van der Waals surface area contributed by atoms with Crippen molar-refractivity contribution < 1.29 is 8.42 Å². The van der Waals surface area contributed by atoms with Crippen LogP contribution in [-0.4, -0.2) is 34.5 Å². The van der Waals surface area contributed by atoms with Crippen molar-refractivity contribution in [1.29, 1.82) is 0 Å². The fraction of sp³-hybridized carbons (Fsp3) is 0.312. The van der Waals surface area contributed by atoms with Crippen LogP contribution in [-0.2, 0) is 16.4 Å². The van der Waals surface area contributed by atoms with E-state index in [-0.39, 0.29) is 0 Å². The van der Waals surface area contributed by atoms with Crippen molar-refractivity contribution in [3.05, 3.63) is 53.6 Å². The summed E-state index contributed by atoms with van der Waals surface area (Å²) in [4.78, 5) is 8.52. The van der Waals surface area contributed by atoms with Crippen LogP contribution < -0.4 is 4.72 Å². The van der Waals surface area contributed by atoms with Gasteiger partial charge in [0.15, 0.2) is 0 Å². The van der Waals surface area contributed by atoms with E-state index < -0.39 is 10.0 Å². The molecule has 0 amide bonds. The van der Waals surface area contributed by atoms with Crippen LogP contribution in [0, 0.1) is 13.8 Å². The molecule has 7 nitrogen and oxygen atoms in total. The molecular weight excluding hydrogens is 326 g/mol. The first-order valence-electron chi connectivity index (χ1n) is 7.67. The molecule has 0 atom stereocenters. The van der Waals surface area contributed by atoms with Gasteiger partial charge in [-0.3, -0.25) is 0 Å². The molecule has 1 N–H and O–H groups in total. The molecule has 3 rings (SSSR count). The van der Waals surface area contributed by atoms with E-state index in [4.69, 9.17) is 0 Å². The fourth-order valence-electron chi connectivity index (χ4n) is 2.46. The molecule has 0 aliphatic heterocycles. The Balaban J connectivity index is 1.60. The van der Waals surface area contributed by atoms with Crippen LogP contribution in [0.15, 0.2) is 41.8 Å². The molecule has 126 valence electrons. The lowest BCUT2D eigenvalue weighted by Gasteiger charge is -2.10. The van der Waals surface area contributed by atoms with Crippen LogP contribution in [0.4, 0.5) is 0 Å². The summed E-state index contributed by atoms with van der Waals surface area (Å²) in [6, 6.07) is 5.42. The number of sulfonamides is 1. The standard InChI is InChI=1S/C16H19N5O2S/c1-12-5-6-13(2)15(8-12)24(22,23)20-7-3-4-14-9-17-16-18-11-19-21(16)10-14/h5-6,8-11,20H,3-4,7H2,1-2H3. The number of benzene rings is 1. The third kappa shape index (κ3) is 3.60. The second-order valence-corrected chi connectivity index (χ2v) is 7.47. The van der Waals surface area contributed by atoms with Gasteiger partial charge in [0.2, 0.25) is 10.0 Å². The van der Waals surface area contributed by atoms with Crippen molar-refractivity contribution in [3.8, 4) is 0 Å². The van der Waals surface area contributed by atoms with Crippen molar-refractivity contribution in [2.45, 2.75) is 31.6 Å². The molecule has 0 bridgehead atoms. The number of fused-ring (bicyclic) bond motifs is 1. The lowest BCUT2D eigenvalue weighted by Crippen LogP contribution is -2.26. The summed E-state index contributed by atoms with van der Waals surface area (Å²) in [6.45, 7) is 4.05. The first-order chi connectivity index (χ1) is 11.5. The van der Waals surface area contributed by atoms with E-state index in [9.17, 15) is 8.42 Å². The highest BCUT2D eigenvalue weighted by Gasteiger charge is 2.16. The Labute approximate surface area is 140 Å².